The number of hydrogen-bond acceptors (Lipinski definition) is 5. The number of fused-ring (bicyclic) bond motifs is 1. The second kappa shape index (κ2) is 5.34. The maximum absolute atomic E-state index is 10.8. The number of benzene rings is 1. The van der Waals surface area contributed by atoms with Gasteiger partial charge in [-0.15, -0.1) is 0 Å². The number of carboxylic acids is 1. The molecule has 1 N–H and O–H groups in total. The van der Waals surface area contributed by atoms with Crippen LogP contribution in [0.1, 0.15) is 16.1 Å². The predicted octanol–water partition coefficient (Wildman–Crippen LogP) is 3.21. The van der Waals surface area contributed by atoms with Crippen LogP contribution in [0.15, 0.2) is 52.2 Å². The summed E-state index contributed by atoms with van der Waals surface area (Å²) in [6, 6.07) is 10.9. The Bertz CT molecular complexity index is 737. The van der Waals surface area contributed by atoms with E-state index >= 15 is 0 Å². The molecule has 0 unspecified atom stereocenters. The van der Waals surface area contributed by atoms with Gasteiger partial charge in [-0.05, 0) is 29.8 Å². The molecule has 0 amide bonds. The molecule has 0 saturated carbocycles. The fraction of sp³-hybridized carbons (Fsp3) is 0.0714. The first kappa shape index (κ1) is 12.7. The molecular weight excluding hydrogens is 276 g/mol. The van der Waals surface area contributed by atoms with Crippen LogP contribution in [0.5, 0.6) is 0 Å². The van der Waals surface area contributed by atoms with Gasteiger partial charge in [-0.1, -0.05) is 23.9 Å². The molecule has 100 valence electrons. The Balaban J connectivity index is 1.75. The van der Waals surface area contributed by atoms with Gasteiger partial charge in [0, 0.05) is 11.9 Å². The number of hydrogen-bond donors (Lipinski definition) is 1. The number of aromatic carboxylic acids is 1. The van der Waals surface area contributed by atoms with E-state index in [4.69, 9.17) is 9.52 Å². The monoisotopic (exact) mass is 286 g/mol. The molecule has 0 saturated heterocycles. The maximum atomic E-state index is 10.8. The van der Waals surface area contributed by atoms with E-state index in [2.05, 4.69) is 9.97 Å². The van der Waals surface area contributed by atoms with Crippen molar-refractivity contribution in [3.05, 3.63) is 53.9 Å². The quantitative estimate of drug-likeness (QED) is 0.742. The van der Waals surface area contributed by atoms with Crippen molar-refractivity contribution in [2.24, 2.45) is 0 Å². The van der Waals surface area contributed by atoms with Crippen LogP contribution in [0.2, 0.25) is 0 Å². The van der Waals surface area contributed by atoms with Crippen LogP contribution in [0, 0.1) is 0 Å². The molecule has 5 nitrogen and oxygen atoms in total. The highest BCUT2D eigenvalue weighted by Crippen LogP contribution is 2.26. The van der Waals surface area contributed by atoms with E-state index in [1.807, 2.05) is 24.3 Å². The Morgan fingerprint density at radius 1 is 1.30 bits per heavy atom. The highest BCUT2D eigenvalue weighted by molar-refractivity contribution is 7.98. The lowest BCUT2D eigenvalue weighted by Crippen LogP contribution is -2.00. The first-order chi connectivity index (χ1) is 9.72. The zero-order chi connectivity index (χ0) is 13.9. The maximum Gasteiger partial charge on any atom is 0.354 e. The van der Waals surface area contributed by atoms with Gasteiger partial charge < -0.3 is 9.52 Å². The van der Waals surface area contributed by atoms with Gasteiger partial charge in [0.2, 0.25) is 0 Å². The molecule has 0 radical (unpaired) electrons. The Hall–Kier alpha value is -2.34. The Labute approximate surface area is 118 Å². The number of carbonyl (C=O) groups is 1. The smallest absolute Gasteiger partial charge is 0.354 e. The van der Waals surface area contributed by atoms with E-state index in [1.165, 1.54) is 18.0 Å². The standard InChI is InChI=1S/C14H10N2O3S/c17-13(18)11-7-9(5-6-15-11)8-20-14-16-10-3-1-2-4-12(10)19-14/h1-7H,8H2,(H,17,18). The highest BCUT2D eigenvalue weighted by Gasteiger charge is 2.08. The summed E-state index contributed by atoms with van der Waals surface area (Å²) in [6.45, 7) is 0. The third-order valence-corrected chi connectivity index (χ3v) is 3.58. The summed E-state index contributed by atoms with van der Waals surface area (Å²) in [5.74, 6) is -0.450. The molecule has 3 aromatic rings. The van der Waals surface area contributed by atoms with Gasteiger partial charge in [0.1, 0.15) is 11.2 Å². The zero-order valence-corrected chi connectivity index (χ0v) is 11.1. The molecule has 0 aliphatic carbocycles. The highest BCUT2D eigenvalue weighted by atomic mass is 32.2. The molecule has 20 heavy (non-hydrogen) atoms. The largest absolute Gasteiger partial charge is 0.477 e. The van der Waals surface area contributed by atoms with Crippen molar-refractivity contribution in [1.29, 1.82) is 0 Å². The molecule has 0 aliphatic heterocycles. The van der Waals surface area contributed by atoms with Crippen molar-refractivity contribution in [3.63, 3.8) is 0 Å². The van der Waals surface area contributed by atoms with E-state index in [-0.39, 0.29) is 5.69 Å². The number of aromatic nitrogens is 2. The Kier molecular flexibility index (Phi) is 3.39. The third kappa shape index (κ3) is 2.65. The Morgan fingerprint density at radius 2 is 2.15 bits per heavy atom. The molecule has 1 aromatic carbocycles. The average Bonchev–Trinajstić information content (AvgIpc) is 2.88. The minimum Gasteiger partial charge on any atom is -0.477 e. The van der Waals surface area contributed by atoms with Crippen LogP contribution < -0.4 is 0 Å². The molecule has 6 heteroatoms. The van der Waals surface area contributed by atoms with Gasteiger partial charge in [-0.3, -0.25) is 0 Å². The Morgan fingerprint density at radius 3 is 2.95 bits per heavy atom. The topological polar surface area (TPSA) is 76.2 Å². The van der Waals surface area contributed by atoms with Crippen LogP contribution in [0.3, 0.4) is 0 Å². The van der Waals surface area contributed by atoms with Crippen molar-refractivity contribution in [2.45, 2.75) is 11.0 Å². The molecule has 0 fully saturated rings. The molecule has 0 atom stereocenters. The second-order valence-corrected chi connectivity index (χ2v) is 5.02. The summed E-state index contributed by atoms with van der Waals surface area (Å²) in [7, 11) is 0. The summed E-state index contributed by atoms with van der Waals surface area (Å²) >= 11 is 1.42. The number of pyridine rings is 1. The molecule has 3 rings (SSSR count). The van der Waals surface area contributed by atoms with Crippen molar-refractivity contribution in [1.82, 2.24) is 9.97 Å². The minimum atomic E-state index is -1.03. The first-order valence-electron chi connectivity index (χ1n) is 5.89. The van der Waals surface area contributed by atoms with Gasteiger partial charge in [0.15, 0.2) is 5.58 Å². The van der Waals surface area contributed by atoms with Gasteiger partial charge in [0.25, 0.3) is 5.22 Å². The fourth-order valence-corrected chi connectivity index (χ4v) is 2.52. The van der Waals surface area contributed by atoms with E-state index in [9.17, 15) is 4.79 Å². The van der Waals surface area contributed by atoms with Gasteiger partial charge in [-0.25, -0.2) is 14.8 Å². The zero-order valence-electron chi connectivity index (χ0n) is 10.3. The molecular formula is C14H10N2O3S. The molecule has 0 aliphatic rings. The predicted molar refractivity (Wildman–Crippen MR) is 74.8 cm³/mol. The lowest BCUT2D eigenvalue weighted by molar-refractivity contribution is 0.0690. The molecule has 0 spiro atoms. The number of rotatable bonds is 4. The molecule has 2 aromatic heterocycles. The van der Waals surface area contributed by atoms with Crippen LogP contribution >= 0.6 is 11.8 Å². The van der Waals surface area contributed by atoms with Gasteiger partial charge in [0.05, 0.1) is 0 Å². The number of carboxylic acid groups (broad SMARTS) is 1. The number of oxazole rings is 1. The SMILES string of the molecule is O=C(O)c1cc(CSc2nc3ccccc3o2)ccn1. The number of thioether (sulfide) groups is 1. The van der Waals surface area contributed by atoms with Crippen LogP contribution in [0.4, 0.5) is 0 Å². The summed E-state index contributed by atoms with van der Waals surface area (Å²) in [6.07, 6.45) is 1.49. The van der Waals surface area contributed by atoms with Crippen LogP contribution in [-0.2, 0) is 5.75 Å². The van der Waals surface area contributed by atoms with E-state index in [0.717, 1.165) is 16.7 Å². The third-order valence-electron chi connectivity index (χ3n) is 2.68. The lowest BCUT2D eigenvalue weighted by Gasteiger charge is -1.99. The van der Waals surface area contributed by atoms with Crippen molar-refractivity contribution in [3.8, 4) is 0 Å². The number of nitrogens with zero attached hydrogens (tertiary/aromatic N) is 2. The average molecular weight is 286 g/mol. The summed E-state index contributed by atoms with van der Waals surface area (Å²) in [5, 5.41) is 9.46. The summed E-state index contributed by atoms with van der Waals surface area (Å²) < 4.78 is 5.59. The number of para-hydroxylation sites is 2. The molecule has 0 bridgehead atoms. The van der Waals surface area contributed by atoms with Crippen LogP contribution in [-0.4, -0.2) is 21.0 Å². The first-order valence-corrected chi connectivity index (χ1v) is 6.87. The van der Waals surface area contributed by atoms with E-state index in [1.54, 1.807) is 12.1 Å². The summed E-state index contributed by atoms with van der Waals surface area (Å²) in [5.41, 5.74) is 2.47. The van der Waals surface area contributed by atoms with Crippen molar-refractivity contribution in [2.75, 3.05) is 0 Å². The molecule has 2 heterocycles. The van der Waals surface area contributed by atoms with E-state index in [0.29, 0.717) is 11.0 Å². The second-order valence-electron chi connectivity index (χ2n) is 4.09. The minimum absolute atomic E-state index is 0.0423. The van der Waals surface area contributed by atoms with E-state index < -0.39 is 5.97 Å². The van der Waals surface area contributed by atoms with Crippen molar-refractivity contribution < 1.29 is 14.3 Å². The lowest BCUT2D eigenvalue weighted by atomic mass is 10.2. The fourth-order valence-electron chi connectivity index (χ4n) is 1.74. The van der Waals surface area contributed by atoms with Gasteiger partial charge >= 0.3 is 5.97 Å². The van der Waals surface area contributed by atoms with Crippen LogP contribution in [0.25, 0.3) is 11.1 Å². The summed E-state index contributed by atoms with van der Waals surface area (Å²) in [4.78, 5) is 19.0. The van der Waals surface area contributed by atoms with Gasteiger partial charge in [-0.2, -0.15) is 0 Å². The normalized spacial score (nSPS) is 10.8. The van der Waals surface area contributed by atoms with Crippen molar-refractivity contribution >= 4 is 28.8 Å².